The molecule has 0 unspecified atom stereocenters. The maximum absolute atomic E-state index is 2.48. The highest BCUT2D eigenvalue weighted by molar-refractivity contribution is 6.19. The van der Waals surface area contributed by atoms with Crippen LogP contribution in [0.1, 0.15) is 0 Å². The van der Waals surface area contributed by atoms with Crippen molar-refractivity contribution in [2.45, 2.75) is 0 Å². The molecule has 0 bridgehead atoms. The zero-order valence-corrected chi connectivity index (χ0v) is 27.7. The van der Waals surface area contributed by atoms with Gasteiger partial charge in [0.1, 0.15) is 0 Å². The average molecular weight is 650 g/mol. The van der Waals surface area contributed by atoms with Crippen LogP contribution in [0.4, 0.5) is 0 Å². The van der Waals surface area contributed by atoms with E-state index in [1.54, 1.807) is 0 Å². The van der Waals surface area contributed by atoms with Crippen LogP contribution in [0, 0.1) is 0 Å². The molecule has 3 heteroatoms. The highest BCUT2D eigenvalue weighted by atomic mass is 15.0. The predicted molar refractivity (Wildman–Crippen MR) is 215 cm³/mol. The molecule has 3 aromatic heterocycles. The zero-order valence-electron chi connectivity index (χ0n) is 27.7. The summed E-state index contributed by atoms with van der Waals surface area (Å²) in [5, 5.41) is 7.50. The first kappa shape index (κ1) is 28.0. The van der Waals surface area contributed by atoms with Crippen molar-refractivity contribution in [1.29, 1.82) is 0 Å². The maximum atomic E-state index is 2.48. The first-order valence-electron chi connectivity index (χ1n) is 17.5. The molecule has 3 heterocycles. The van der Waals surface area contributed by atoms with E-state index in [2.05, 4.69) is 202 Å². The van der Waals surface area contributed by atoms with Gasteiger partial charge in [-0.1, -0.05) is 127 Å². The maximum Gasteiger partial charge on any atom is 0.0549 e. The summed E-state index contributed by atoms with van der Waals surface area (Å²) in [6.07, 6.45) is 0. The van der Waals surface area contributed by atoms with E-state index in [-0.39, 0.29) is 0 Å². The molecule has 0 aliphatic rings. The minimum atomic E-state index is 1.16. The average Bonchev–Trinajstić information content (AvgIpc) is 3.83. The lowest BCUT2D eigenvalue weighted by Gasteiger charge is -2.18. The first-order chi connectivity index (χ1) is 25.3. The number of para-hydroxylation sites is 7. The Labute approximate surface area is 294 Å². The van der Waals surface area contributed by atoms with Crippen LogP contribution in [0.2, 0.25) is 0 Å². The van der Waals surface area contributed by atoms with Crippen molar-refractivity contribution in [2.24, 2.45) is 0 Å². The molecule has 0 radical (unpaired) electrons. The lowest BCUT2D eigenvalue weighted by Crippen LogP contribution is -2.01. The van der Waals surface area contributed by atoms with E-state index < -0.39 is 0 Å². The highest BCUT2D eigenvalue weighted by Crippen LogP contribution is 2.43. The van der Waals surface area contributed by atoms with E-state index in [0.717, 1.165) is 11.4 Å². The summed E-state index contributed by atoms with van der Waals surface area (Å²) >= 11 is 0. The first-order valence-corrected chi connectivity index (χ1v) is 17.5. The summed E-state index contributed by atoms with van der Waals surface area (Å²) in [5.74, 6) is 0. The van der Waals surface area contributed by atoms with Gasteiger partial charge in [0.15, 0.2) is 0 Å². The molecule has 51 heavy (non-hydrogen) atoms. The number of rotatable bonds is 4. The standard InChI is InChI=1S/C48H31N3/c1-2-16-32(17-3-1)49-41-24-10-8-22-37(41)39-31-48-40(30-47(39)49)38-23-9-15-29-46(38)51(48)45-28-14-7-21-36(45)35-20-6-13-27-44(35)50-42-25-11-4-18-33(42)34-19-5-12-26-43(34)50/h1-31H. The van der Waals surface area contributed by atoms with Crippen molar-refractivity contribution in [2.75, 3.05) is 0 Å². The van der Waals surface area contributed by atoms with Gasteiger partial charge in [-0.2, -0.15) is 0 Å². The number of hydrogen-bond donors (Lipinski definition) is 0. The van der Waals surface area contributed by atoms with Gasteiger partial charge in [0.05, 0.1) is 44.5 Å². The van der Waals surface area contributed by atoms with Gasteiger partial charge in [-0.15, -0.1) is 0 Å². The van der Waals surface area contributed by atoms with Crippen molar-refractivity contribution in [3.8, 4) is 28.2 Å². The Morgan fingerprint density at radius 2 is 0.569 bits per heavy atom. The van der Waals surface area contributed by atoms with Crippen LogP contribution in [0.25, 0.3) is 93.6 Å². The molecule has 3 nitrogen and oxygen atoms in total. The zero-order chi connectivity index (χ0) is 33.5. The predicted octanol–water partition coefficient (Wildman–Crippen LogP) is 12.6. The van der Waals surface area contributed by atoms with Crippen LogP contribution in [0.3, 0.4) is 0 Å². The third-order valence-electron chi connectivity index (χ3n) is 10.6. The van der Waals surface area contributed by atoms with Crippen LogP contribution in [0.5, 0.6) is 0 Å². The number of nitrogens with zero attached hydrogens (tertiary/aromatic N) is 3. The van der Waals surface area contributed by atoms with Crippen LogP contribution in [0.15, 0.2) is 188 Å². The number of fused-ring (bicyclic) bond motifs is 9. The second kappa shape index (κ2) is 10.8. The summed E-state index contributed by atoms with van der Waals surface area (Å²) in [6, 6.07) is 68.4. The minimum absolute atomic E-state index is 1.16. The number of aromatic nitrogens is 3. The third-order valence-corrected chi connectivity index (χ3v) is 10.6. The highest BCUT2D eigenvalue weighted by Gasteiger charge is 2.21. The Kier molecular flexibility index (Phi) is 5.96. The van der Waals surface area contributed by atoms with E-state index in [1.807, 2.05) is 0 Å². The smallest absolute Gasteiger partial charge is 0.0549 e. The molecule has 0 saturated carbocycles. The normalized spacial score (nSPS) is 11.9. The fourth-order valence-corrected chi connectivity index (χ4v) is 8.52. The van der Waals surface area contributed by atoms with Crippen LogP contribution < -0.4 is 0 Å². The summed E-state index contributed by atoms with van der Waals surface area (Å²) in [5.41, 5.74) is 13.1. The van der Waals surface area contributed by atoms with Gasteiger partial charge in [-0.25, -0.2) is 0 Å². The third kappa shape index (κ3) is 4.00. The number of hydrogen-bond acceptors (Lipinski definition) is 0. The topological polar surface area (TPSA) is 14.8 Å². The molecule has 0 aliphatic heterocycles. The molecular weight excluding hydrogens is 619 g/mol. The van der Waals surface area contributed by atoms with Crippen molar-refractivity contribution < 1.29 is 0 Å². The van der Waals surface area contributed by atoms with E-state index in [4.69, 9.17) is 0 Å². The summed E-state index contributed by atoms with van der Waals surface area (Å²) in [4.78, 5) is 0. The van der Waals surface area contributed by atoms with Gasteiger partial charge >= 0.3 is 0 Å². The van der Waals surface area contributed by atoms with Gasteiger partial charge in [0.25, 0.3) is 0 Å². The Balaban J connectivity index is 1.23. The SMILES string of the molecule is c1ccc(-n2c3ccccc3c3cc4c(cc32)c2ccccc2n4-c2ccccc2-c2ccccc2-n2c3ccccc3c3ccccc32)cc1. The summed E-state index contributed by atoms with van der Waals surface area (Å²) < 4.78 is 7.33. The van der Waals surface area contributed by atoms with Gasteiger partial charge in [0, 0.05) is 49.1 Å². The van der Waals surface area contributed by atoms with E-state index in [9.17, 15) is 0 Å². The Morgan fingerprint density at radius 3 is 1.06 bits per heavy atom. The van der Waals surface area contributed by atoms with Gasteiger partial charge < -0.3 is 13.7 Å². The second-order valence-corrected chi connectivity index (χ2v) is 13.3. The molecule has 238 valence electrons. The van der Waals surface area contributed by atoms with E-state index >= 15 is 0 Å². The fourth-order valence-electron chi connectivity index (χ4n) is 8.52. The van der Waals surface area contributed by atoms with E-state index in [0.29, 0.717) is 0 Å². The molecular formula is C48H31N3. The fraction of sp³-hybridized carbons (Fsp3) is 0. The largest absolute Gasteiger partial charge is 0.309 e. The Bertz CT molecular complexity index is 3080. The molecule has 0 spiro atoms. The Morgan fingerprint density at radius 1 is 0.235 bits per heavy atom. The molecule has 11 aromatic rings. The van der Waals surface area contributed by atoms with Crippen LogP contribution in [-0.4, -0.2) is 13.7 Å². The van der Waals surface area contributed by atoms with Crippen molar-refractivity contribution >= 4 is 65.4 Å². The van der Waals surface area contributed by atoms with Crippen molar-refractivity contribution in [1.82, 2.24) is 13.7 Å². The number of benzene rings is 8. The molecule has 11 rings (SSSR count). The van der Waals surface area contributed by atoms with Gasteiger partial charge in [0.2, 0.25) is 0 Å². The van der Waals surface area contributed by atoms with Gasteiger partial charge in [-0.3, -0.25) is 0 Å². The summed E-state index contributed by atoms with van der Waals surface area (Å²) in [7, 11) is 0. The molecule has 0 atom stereocenters. The van der Waals surface area contributed by atoms with Crippen molar-refractivity contribution in [3.05, 3.63) is 188 Å². The second-order valence-electron chi connectivity index (χ2n) is 13.3. The van der Waals surface area contributed by atoms with Gasteiger partial charge in [-0.05, 0) is 60.7 Å². The molecule has 0 aliphatic carbocycles. The molecule has 0 saturated heterocycles. The van der Waals surface area contributed by atoms with E-state index in [1.165, 1.54) is 82.2 Å². The lowest BCUT2D eigenvalue weighted by atomic mass is 10.0. The molecule has 0 N–H and O–H groups in total. The lowest BCUT2D eigenvalue weighted by molar-refractivity contribution is 1.16. The molecule has 0 fully saturated rings. The van der Waals surface area contributed by atoms with Crippen LogP contribution >= 0.6 is 0 Å². The monoisotopic (exact) mass is 649 g/mol. The minimum Gasteiger partial charge on any atom is -0.309 e. The quantitative estimate of drug-likeness (QED) is 0.180. The van der Waals surface area contributed by atoms with Crippen LogP contribution in [-0.2, 0) is 0 Å². The van der Waals surface area contributed by atoms with Crippen molar-refractivity contribution in [3.63, 3.8) is 0 Å². The molecule has 8 aromatic carbocycles. The molecule has 0 amide bonds. The summed E-state index contributed by atoms with van der Waals surface area (Å²) in [6.45, 7) is 0. The Hall–Kier alpha value is -6.84.